The Balaban J connectivity index is 3.31. The van der Waals surface area contributed by atoms with Crippen molar-refractivity contribution >= 4 is 5.78 Å². The predicted octanol–water partition coefficient (Wildman–Crippen LogP) is 1.77. The van der Waals surface area contributed by atoms with Gasteiger partial charge < -0.3 is 0 Å². The second kappa shape index (κ2) is 2.82. The van der Waals surface area contributed by atoms with Gasteiger partial charge in [-0.05, 0) is 6.92 Å². The van der Waals surface area contributed by atoms with Crippen LogP contribution in [0.4, 0.5) is 17.6 Å². The molecule has 0 bridgehead atoms. The van der Waals surface area contributed by atoms with Crippen LogP contribution in [0, 0.1) is 5.95 Å². The number of nitrogens with zero attached hydrogens (tertiary/aromatic N) is 1. The van der Waals surface area contributed by atoms with E-state index in [1.54, 1.807) is 0 Å². The van der Waals surface area contributed by atoms with Crippen molar-refractivity contribution in [1.82, 2.24) is 10.2 Å². The molecule has 0 saturated carbocycles. The summed E-state index contributed by atoms with van der Waals surface area (Å²) in [5, 5.41) is 4.10. The van der Waals surface area contributed by atoms with Crippen molar-refractivity contribution in [3.63, 3.8) is 0 Å². The number of H-pyrrole nitrogens is 1. The number of carbonyl (C=O) groups is 1. The SMILES string of the molecule is CC(=O)c1c(F)n[nH]c1C(F)(F)F. The van der Waals surface area contributed by atoms with Crippen LogP contribution < -0.4 is 0 Å². The molecule has 0 radical (unpaired) electrons. The lowest BCUT2D eigenvalue weighted by atomic mass is 10.2. The van der Waals surface area contributed by atoms with Crippen LogP contribution in [0.2, 0.25) is 0 Å². The van der Waals surface area contributed by atoms with Gasteiger partial charge in [-0.25, -0.2) is 0 Å². The van der Waals surface area contributed by atoms with Crippen molar-refractivity contribution in [2.24, 2.45) is 0 Å². The molecule has 0 atom stereocenters. The lowest BCUT2D eigenvalue weighted by molar-refractivity contribution is -0.141. The molecule has 13 heavy (non-hydrogen) atoms. The van der Waals surface area contributed by atoms with Gasteiger partial charge in [0.15, 0.2) is 11.5 Å². The molecule has 0 aliphatic heterocycles. The summed E-state index contributed by atoms with van der Waals surface area (Å²) in [6, 6.07) is 0. The van der Waals surface area contributed by atoms with Gasteiger partial charge in [-0.3, -0.25) is 9.89 Å². The molecule has 0 aliphatic carbocycles. The highest BCUT2D eigenvalue weighted by Gasteiger charge is 2.38. The largest absolute Gasteiger partial charge is 0.433 e. The monoisotopic (exact) mass is 196 g/mol. The van der Waals surface area contributed by atoms with Gasteiger partial charge in [0.05, 0.1) is 0 Å². The van der Waals surface area contributed by atoms with E-state index < -0.39 is 29.2 Å². The van der Waals surface area contributed by atoms with E-state index >= 15 is 0 Å². The molecule has 0 saturated heterocycles. The van der Waals surface area contributed by atoms with Crippen molar-refractivity contribution in [3.05, 3.63) is 17.2 Å². The second-order valence-electron chi connectivity index (χ2n) is 2.32. The summed E-state index contributed by atoms with van der Waals surface area (Å²) in [5.41, 5.74) is -2.50. The van der Waals surface area contributed by atoms with Gasteiger partial charge in [0.25, 0.3) is 0 Å². The molecule has 3 nitrogen and oxygen atoms in total. The number of alkyl halides is 3. The number of rotatable bonds is 1. The molecule has 1 heterocycles. The van der Waals surface area contributed by atoms with E-state index in [1.807, 2.05) is 0 Å². The Kier molecular flexibility index (Phi) is 2.10. The number of carbonyl (C=O) groups excluding carboxylic acids is 1. The number of hydrogen-bond donors (Lipinski definition) is 1. The molecule has 1 rings (SSSR count). The van der Waals surface area contributed by atoms with Crippen LogP contribution in [0.1, 0.15) is 23.0 Å². The van der Waals surface area contributed by atoms with Gasteiger partial charge in [0.2, 0.25) is 5.95 Å². The predicted molar refractivity (Wildman–Crippen MR) is 33.6 cm³/mol. The highest BCUT2D eigenvalue weighted by atomic mass is 19.4. The molecule has 7 heteroatoms. The van der Waals surface area contributed by atoms with E-state index in [9.17, 15) is 22.4 Å². The van der Waals surface area contributed by atoms with E-state index in [-0.39, 0.29) is 0 Å². The highest BCUT2D eigenvalue weighted by Crippen LogP contribution is 2.31. The van der Waals surface area contributed by atoms with Crippen molar-refractivity contribution in [2.75, 3.05) is 0 Å². The molecule has 0 amide bonds. The Hall–Kier alpha value is -1.40. The van der Waals surface area contributed by atoms with Gasteiger partial charge in [-0.1, -0.05) is 0 Å². The summed E-state index contributed by atoms with van der Waals surface area (Å²) >= 11 is 0. The number of hydrogen-bond acceptors (Lipinski definition) is 2. The fraction of sp³-hybridized carbons (Fsp3) is 0.333. The maximum absolute atomic E-state index is 12.5. The lowest BCUT2D eigenvalue weighted by Crippen LogP contribution is -2.11. The molecule has 1 aromatic heterocycles. The van der Waals surface area contributed by atoms with Gasteiger partial charge in [0, 0.05) is 0 Å². The maximum atomic E-state index is 12.5. The normalized spacial score (nSPS) is 11.8. The van der Waals surface area contributed by atoms with E-state index in [0.717, 1.165) is 6.92 Å². The Bertz CT molecular complexity index is 341. The summed E-state index contributed by atoms with van der Waals surface area (Å²) in [7, 11) is 0. The van der Waals surface area contributed by atoms with Crippen molar-refractivity contribution in [3.8, 4) is 0 Å². The maximum Gasteiger partial charge on any atom is 0.433 e. The van der Waals surface area contributed by atoms with E-state index in [0.29, 0.717) is 0 Å². The van der Waals surface area contributed by atoms with Crippen molar-refractivity contribution in [1.29, 1.82) is 0 Å². The third-order valence-corrected chi connectivity index (χ3v) is 1.36. The molecule has 0 fully saturated rings. The zero-order chi connectivity index (χ0) is 10.2. The average molecular weight is 196 g/mol. The number of ketones is 1. The first-order chi connectivity index (χ1) is 5.84. The van der Waals surface area contributed by atoms with Crippen molar-refractivity contribution in [2.45, 2.75) is 13.1 Å². The molecule has 72 valence electrons. The molecule has 0 aliphatic rings. The number of nitrogens with one attached hydrogen (secondary N) is 1. The zero-order valence-corrected chi connectivity index (χ0v) is 6.37. The third kappa shape index (κ3) is 1.68. The van der Waals surface area contributed by atoms with E-state index in [4.69, 9.17) is 0 Å². The fourth-order valence-electron chi connectivity index (χ4n) is 0.846. The summed E-state index contributed by atoms with van der Waals surface area (Å²) in [4.78, 5) is 10.6. The summed E-state index contributed by atoms with van der Waals surface area (Å²) < 4.78 is 48.6. The first-order valence-corrected chi connectivity index (χ1v) is 3.16. The van der Waals surface area contributed by atoms with Crippen LogP contribution in [0.5, 0.6) is 0 Å². The Labute approximate surface area is 69.7 Å². The summed E-state index contributed by atoms with van der Waals surface area (Å²) in [6.07, 6.45) is -4.79. The van der Waals surface area contributed by atoms with E-state index in [2.05, 4.69) is 5.10 Å². The first kappa shape index (κ1) is 9.69. The molecule has 1 aromatic rings. The minimum absolute atomic E-state index is 0.836. The number of aromatic amines is 1. The van der Waals surface area contributed by atoms with Gasteiger partial charge in [0.1, 0.15) is 5.56 Å². The third-order valence-electron chi connectivity index (χ3n) is 1.36. The summed E-state index contributed by atoms with van der Waals surface area (Å²) in [6.45, 7) is 0.836. The molecule has 0 aromatic carbocycles. The first-order valence-electron chi connectivity index (χ1n) is 3.16. The van der Waals surface area contributed by atoms with Gasteiger partial charge >= 0.3 is 6.18 Å². The van der Waals surface area contributed by atoms with Crippen LogP contribution in [-0.4, -0.2) is 16.0 Å². The lowest BCUT2D eigenvalue weighted by Gasteiger charge is -2.03. The molecular formula is C6H4F4N2O. The standard InChI is InChI=1S/C6H4F4N2O/c1-2(13)3-4(6(8,9)10)11-12-5(3)7/h1H3,(H,11,12). The Morgan fingerprint density at radius 3 is 2.31 bits per heavy atom. The molecular weight excluding hydrogens is 192 g/mol. The Morgan fingerprint density at radius 2 is 2.00 bits per heavy atom. The quantitative estimate of drug-likeness (QED) is 0.549. The van der Waals surface area contributed by atoms with Crippen LogP contribution >= 0.6 is 0 Å². The van der Waals surface area contributed by atoms with Crippen LogP contribution in [0.3, 0.4) is 0 Å². The van der Waals surface area contributed by atoms with Crippen LogP contribution in [0.25, 0.3) is 0 Å². The highest BCUT2D eigenvalue weighted by molar-refractivity contribution is 5.95. The van der Waals surface area contributed by atoms with Gasteiger partial charge in [-0.2, -0.15) is 17.6 Å². The van der Waals surface area contributed by atoms with Gasteiger partial charge in [-0.15, -0.1) is 5.10 Å². The molecule has 0 unspecified atom stereocenters. The average Bonchev–Trinajstić information content (AvgIpc) is 2.28. The van der Waals surface area contributed by atoms with E-state index in [1.165, 1.54) is 5.10 Å². The number of halogens is 4. The van der Waals surface area contributed by atoms with Crippen LogP contribution in [-0.2, 0) is 6.18 Å². The summed E-state index contributed by atoms with van der Waals surface area (Å²) in [5.74, 6) is -2.45. The van der Waals surface area contributed by atoms with Crippen molar-refractivity contribution < 1.29 is 22.4 Å². The Morgan fingerprint density at radius 1 is 1.46 bits per heavy atom. The second-order valence-corrected chi connectivity index (χ2v) is 2.32. The number of aromatic nitrogens is 2. The number of Topliss-reactive ketones (excluding diaryl/α,β-unsaturated/α-hetero) is 1. The molecule has 0 spiro atoms. The smallest absolute Gasteiger partial charge is 0.294 e. The topological polar surface area (TPSA) is 45.8 Å². The minimum atomic E-state index is -4.79. The zero-order valence-electron chi connectivity index (χ0n) is 6.37. The molecule has 1 N–H and O–H groups in total. The minimum Gasteiger partial charge on any atom is -0.294 e. The fourth-order valence-corrected chi connectivity index (χ4v) is 0.846. The van der Waals surface area contributed by atoms with Crippen LogP contribution in [0.15, 0.2) is 0 Å².